The van der Waals surface area contributed by atoms with Crippen LogP contribution in [0, 0.1) is 13.8 Å². The lowest BCUT2D eigenvalue weighted by atomic mass is 10.0. The molecule has 1 saturated heterocycles. The Balaban J connectivity index is 1.57. The van der Waals surface area contributed by atoms with Crippen molar-refractivity contribution < 1.29 is 4.79 Å². The van der Waals surface area contributed by atoms with E-state index in [0.29, 0.717) is 6.42 Å². The number of carbonyl (C=O) groups is 1. The van der Waals surface area contributed by atoms with Crippen LogP contribution in [0.2, 0.25) is 0 Å². The van der Waals surface area contributed by atoms with Gasteiger partial charge in [-0.15, -0.1) is 0 Å². The molecule has 1 aliphatic heterocycles. The third-order valence-electron chi connectivity index (χ3n) is 4.96. The monoisotopic (exact) mass is 337 g/mol. The number of anilines is 2. The molecule has 0 radical (unpaired) electrons. The molecule has 1 fully saturated rings. The molecular formula is C21H27N3O. The minimum absolute atomic E-state index is 0.0237. The van der Waals surface area contributed by atoms with Gasteiger partial charge in [-0.25, -0.2) is 0 Å². The van der Waals surface area contributed by atoms with Crippen molar-refractivity contribution >= 4 is 17.3 Å². The van der Waals surface area contributed by atoms with E-state index in [1.165, 1.54) is 16.8 Å². The number of aryl methyl sites for hydroxylation is 2. The number of hydrogen-bond donors (Lipinski definition) is 1. The predicted molar refractivity (Wildman–Crippen MR) is 104 cm³/mol. The zero-order valence-electron chi connectivity index (χ0n) is 15.4. The van der Waals surface area contributed by atoms with E-state index in [4.69, 9.17) is 0 Å². The smallest absolute Gasteiger partial charge is 0.228 e. The van der Waals surface area contributed by atoms with Gasteiger partial charge in [-0.05, 0) is 61.9 Å². The fraction of sp³-hybridized carbons (Fsp3) is 0.381. The molecule has 0 bridgehead atoms. The number of nitrogens with one attached hydrogen (secondary N) is 1. The van der Waals surface area contributed by atoms with E-state index in [-0.39, 0.29) is 5.91 Å². The van der Waals surface area contributed by atoms with Crippen molar-refractivity contribution in [2.45, 2.75) is 20.3 Å². The highest BCUT2D eigenvalue weighted by molar-refractivity contribution is 5.92. The number of amides is 1. The Hall–Kier alpha value is -2.33. The van der Waals surface area contributed by atoms with Crippen molar-refractivity contribution in [2.24, 2.45) is 0 Å². The lowest BCUT2D eigenvalue weighted by Gasteiger charge is -2.34. The zero-order valence-corrected chi connectivity index (χ0v) is 15.4. The lowest BCUT2D eigenvalue weighted by molar-refractivity contribution is -0.115. The minimum atomic E-state index is 0.0237. The summed E-state index contributed by atoms with van der Waals surface area (Å²) in [5, 5.41) is 3.00. The summed E-state index contributed by atoms with van der Waals surface area (Å²) in [7, 11) is 2.16. The van der Waals surface area contributed by atoms with Gasteiger partial charge in [0.2, 0.25) is 5.91 Å². The Labute approximate surface area is 150 Å². The van der Waals surface area contributed by atoms with Crippen LogP contribution >= 0.6 is 0 Å². The maximum absolute atomic E-state index is 12.3. The summed E-state index contributed by atoms with van der Waals surface area (Å²) in [6, 6.07) is 14.4. The molecule has 0 aliphatic carbocycles. The Morgan fingerprint density at radius 2 is 1.64 bits per heavy atom. The number of rotatable bonds is 4. The summed E-state index contributed by atoms with van der Waals surface area (Å²) >= 11 is 0. The van der Waals surface area contributed by atoms with Crippen LogP contribution in [0.3, 0.4) is 0 Å². The van der Waals surface area contributed by atoms with Crippen molar-refractivity contribution in [2.75, 3.05) is 43.4 Å². The first-order valence-corrected chi connectivity index (χ1v) is 8.91. The molecule has 0 unspecified atom stereocenters. The Morgan fingerprint density at radius 1 is 0.960 bits per heavy atom. The summed E-state index contributed by atoms with van der Waals surface area (Å²) in [4.78, 5) is 17.0. The van der Waals surface area contributed by atoms with Crippen LogP contribution in [0.4, 0.5) is 11.4 Å². The second-order valence-electron chi connectivity index (χ2n) is 6.98. The molecule has 1 heterocycles. The van der Waals surface area contributed by atoms with Crippen LogP contribution < -0.4 is 10.2 Å². The molecule has 132 valence electrons. The first-order valence-electron chi connectivity index (χ1n) is 8.91. The van der Waals surface area contributed by atoms with Gasteiger partial charge < -0.3 is 15.1 Å². The number of piperazine rings is 1. The molecule has 4 nitrogen and oxygen atoms in total. The normalized spacial score (nSPS) is 15.2. The molecular weight excluding hydrogens is 310 g/mol. The molecule has 1 N–H and O–H groups in total. The summed E-state index contributed by atoms with van der Waals surface area (Å²) in [5.74, 6) is 0.0237. The number of carbonyl (C=O) groups excluding carboxylic acids is 1. The van der Waals surface area contributed by atoms with Gasteiger partial charge in [0.25, 0.3) is 0 Å². The molecule has 2 aromatic carbocycles. The van der Waals surface area contributed by atoms with Crippen LogP contribution in [-0.4, -0.2) is 44.0 Å². The van der Waals surface area contributed by atoms with E-state index in [1.807, 2.05) is 18.2 Å². The van der Waals surface area contributed by atoms with E-state index in [9.17, 15) is 4.79 Å². The number of benzene rings is 2. The second-order valence-corrected chi connectivity index (χ2v) is 6.98. The third kappa shape index (κ3) is 4.60. The molecule has 2 aromatic rings. The van der Waals surface area contributed by atoms with Crippen LogP contribution in [0.5, 0.6) is 0 Å². The van der Waals surface area contributed by atoms with E-state index in [0.717, 1.165) is 37.4 Å². The molecule has 0 saturated carbocycles. The molecule has 0 atom stereocenters. The molecule has 4 heteroatoms. The standard InChI is InChI=1S/C21H27N3O/c1-16-4-5-18(14-17(16)2)15-21(25)22-19-6-8-20(9-7-19)24-12-10-23(3)11-13-24/h4-9,14H,10-13,15H2,1-3H3,(H,22,25). The summed E-state index contributed by atoms with van der Waals surface area (Å²) < 4.78 is 0. The summed E-state index contributed by atoms with van der Waals surface area (Å²) in [6.45, 7) is 8.45. The van der Waals surface area contributed by atoms with Crippen molar-refractivity contribution in [3.63, 3.8) is 0 Å². The third-order valence-corrected chi connectivity index (χ3v) is 4.96. The Kier molecular flexibility index (Phi) is 5.39. The van der Waals surface area contributed by atoms with Crippen LogP contribution in [0.15, 0.2) is 42.5 Å². The maximum atomic E-state index is 12.3. The first kappa shape index (κ1) is 17.5. The highest BCUT2D eigenvalue weighted by atomic mass is 16.1. The average molecular weight is 337 g/mol. The van der Waals surface area contributed by atoms with Gasteiger partial charge in [-0.3, -0.25) is 4.79 Å². The topological polar surface area (TPSA) is 35.6 Å². The molecule has 0 spiro atoms. The van der Waals surface area contributed by atoms with Crippen molar-refractivity contribution in [3.8, 4) is 0 Å². The summed E-state index contributed by atoms with van der Waals surface area (Å²) in [6.07, 6.45) is 0.404. The Bertz CT molecular complexity index is 731. The molecule has 1 amide bonds. The largest absolute Gasteiger partial charge is 0.369 e. The van der Waals surface area contributed by atoms with Crippen molar-refractivity contribution in [3.05, 3.63) is 59.2 Å². The van der Waals surface area contributed by atoms with Gasteiger partial charge in [0.1, 0.15) is 0 Å². The highest BCUT2D eigenvalue weighted by Gasteiger charge is 2.14. The maximum Gasteiger partial charge on any atom is 0.228 e. The Morgan fingerprint density at radius 3 is 2.28 bits per heavy atom. The fourth-order valence-corrected chi connectivity index (χ4v) is 3.12. The summed E-state index contributed by atoms with van der Waals surface area (Å²) in [5.41, 5.74) is 5.60. The van der Waals surface area contributed by atoms with Gasteiger partial charge in [0.15, 0.2) is 0 Å². The van der Waals surface area contributed by atoms with E-state index >= 15 is 0 Å². The van der Waals surface area contributed by atoms with Gasteiger partial charge in [-0.2, -0.15) is 0 Å². The first-order chi connectivity index (χ1) is 12.0. The van der Waals surface area contributed by atoms with E-state index in [1.54, 1.807) is 0 Å². The van der Waals surface area contributed by atoms with E-state index < -0.39 is 0 Å². The van der Waals surface area contributed by atoms with E-state index in [2.05, 4.69) is 60.3 Å². The highest BCUT2D eigenvalue weighted by Crippen LogP contribution is 2.19. The van der Waals surface area contributed by atoms with Crippen LogP contribution in [0.25, 0.3) is 0 Å². The number of nitrogens with zero attached hydrogens (tertiary/aromatic N) is 2. The lowest BCUT2D eigenvalue weighted by Crippen LogP contribution is -2.44. The number of hydrogen-bond acceptors (Lipinski definition) is 3. The van der Waals surface area contributed by atoms with Crippen molar-refractivity contribution in [1.29, 1.82) is 0 Å². The van der Waals surface area contributed by atoms with Gasteiger partial charge >= 0.3 is 0 Å². The van der Waals surface area contributed by atoms with Gasteiger partial charge in [0.05, 0.1) is 6.42 Å². The molecule has 0 aromatic heterocycles. The SMILES string of the molecule is Cc1ccc(CC(=O)Nc2ccc(N3CCN(C)CC3)cc2)cc1C. The molecule has 25 heavy (non-hydrogen) atoms. The van der Waals surface area contributed by atoms with Crippen molar-refractivity contribution in [1.82, 2.24) is 4.90 Å². The average Bonchev–Trinajstić information content (AvgIpc) is 2.60. The molecule has 3 rings (SSSR count). The second kappa shape index (κ2) is 7.70. The molecule has 1 aliphatic rings. The predicted octanol–water partition coefficient (Wildman–Crippen LogP) is 3.24. The fourth-order valence-electron chi connectivity index (χ4n) is 3.12. The minimum Gasteiger partial charge on any atom is -0.369 e. The van der Waals surface area contributed by atoms with Gasteiger partial charge in [-0.1, -0.05) is 18.2 Å². The quantitative estimate of drug-likeness (QED) is 0.930. The van der Waals surface area contributed by atoms with Crippen LogP contribution in [-0.2, 0) is 11.2 Å². The van der Waals surface area contributed by atoms with Gasteiger partial charge in [0, 0.05) is 37.6 Å². The van der Waals surface area contributed by atoms with Crippen LogP contribution in [0.1, 0.15) is 16.7 Å². The number of likely N-dealkylation sites (N-methyl/N-ethyl adjacent to an activating group) is 1. The zero-order chi connectivity index (χ0) is 17.8.